The van der Waals surface area contributed by atoms with Crippen LogP contribution in [-0.4, -0.2) is 19.7 Å². The molecular weight excluding hydrogens is 282 g/mol. The van der Waals surface area contributed by atoms with Crippen LogP contribution in [0.1, 0.15) is 12.0 Å². The van der Waals surface area contributed by atoms with E-state index in [0.29, 0.717) is 0 Å². The quantitative estimate of drug-likeness (QED) is 0.634. The van der Waals surface area contributed by atoms with E-state index >= 15 is 0 Å². The largest absolute Gasteiger partial charge is 0.493 e. The normalized spacial score (nSPS) is 10.8. The van der Waals surface area contributed by atoms with E-state index in [1.807, 2.05) is 0 Å². The molecule has 3 rings (SSSR count). The molecule has 0 aliphatic heterocycles. The van der Waals surface area contributed by atoms with Crippen LogP contribution in [0.3, 0.4) is 0 Å². The van der Waals surface area contributed by atoms with Crippen LogP contribution in [0, 0.1) is 0 Å². The van der Waals surface area contributed by atoms with Crippen molar-refractivity contribution in [2.45, 2.75) is 12.8 Å². The summed E-state index contributed by atoms with van der Waals surface area (Å²) in [5.41, 5.74) is 1.41. The van der Waals surface area contributed by atoms with E-state index in [-0.39, 0.29) is 0 Å². The second-order valence-electron chi connectivity index (χ2n) is 5.78. The highest BCUT2D eigenvalue weighted by Gasteiger charge is 2.01. The minimum Gasteiger partial charge on any atom is -0.493 e. The van der Waals surface area contributed by atoms with Gasteiger partial charge in [-0.2, -0.15) is 0 Å². The molecule has 0 aliphatic carbocycles. The predicted octanol–water partition coefficient (Wildman–Crippen LogP) is 3.41. The highest BCUT2D eigenvalue weighted by atomic mass is 16.5. The van der Waals surface area contributed by atoms with Crippen LogP contribution in [0.25, 0.3) is 10.8 Å². The number of nitrogens with two attached hydrogens (primary N) is 1. The minimum absolute atomic E-state index is 0.774. The van der Waals surface area contributed by atoms with E-state index < -0.39 is 0 Å². The van der Waals surface area contributed by atoms with E-state index in [9.17, 15) is 0 Å². The van der Waals surface area contributed by atoms with Crippen LogP contribution >= 0.6 is 0 Å². The van der Waals surface area contributed by atoms with Gasteiger partial charge in [0.1, 0.15) is 5.75 Å². The number of hydrogen-bond donors (Lipinski definition) is 1. The second kappa shape index (κ2) is 8.35. The number of rotatable bonds is 8. The predicted molar refractivity (Wildman–Crippen MR) is 95.9 cm³/mol. The molecule has 0 aromatic heterocycles. The average molecular weight is 306 g/mol. The summed E-state index contributed by atoms with van der Waals surface area (Å²) in [6.45, 7) is 3.02. The molecule has 2 heteroatoms. The minimum atomic E-state index is 0.774. The third kappa shape index (κ3) is 4.57. The Bertz CT molecular complexity index is 719. The van der Waals surface area contributed by atoms with Gasteiger partial charge >= 0.3 is 0 Å². The molecule has 0 bridgehead atoms. The van der Waals surface area contributed by atoms with Crippen molar-refractivity contribution in [3.8, 4) is 5.75 Å². The van der Waals surface area contributed by atoms with Gasteiger partial charge in [-0.25, -0.2) is 0 Å². The van der Waals surface area contributed by atoms with Gasteiger partial charge in [0.15, 0.2) is 0 Å². The molecule has 0 fully saturated rings. The van der Waals surface area contributed by atoms with E-state index in [2.05, 4.69) is 78.1 Å². The maximum Gasteiger partial charge on any atom is 0.127 e. The van der Waals surface area contributed by atoms with Gasteiger partial charge < -0.3 is 10.1 Å². The summed E-state index contributed by atoms with van der Waals surface area (Å²) in [6.07, 6.45) is 2.20. The average Bonchev–Trinajstić information content (AvgIpc) is 2.62. The van der Waals surface area contributed by atoms with Gasteiger partial charge in [0.05, 0.1) is 19.7 Å². The van der Waals surface area contributed by atoms with Gasteiger partial charge in [0, 0.05) is 18.2 Å². The van der Waals surface area contributed by atoms with Crippen molar-refractivity contribution >= 4 is 10.8 Å². The number of quaternary nitrogens is 1. The number of benzene rings is 3. The van der Waals surface area contributed by atoms with Crippen molar-refractivity contribution in [3.63, 3.8) is 0 Å². The molecule has 0 radical (unpaired) electrons. The molecule has 0 saturated heterocycles. The number of fused-ring (bicyclic) bond motifs is 1. The second-order valence-corrected chi connectivity index (χ2v) is 5.78. The van der Waals surface area contributed by atoms with Crippen LogP contribution < -0.4 is 10.1 Å². The summed E-state index contributed by atoms with van der Waals surface area (Å²) in [4.78, 5) is 0. The van der Waals surface area contributed by atoms with Crippen molar-refractivity contribution in [1.82, 2.24) is 0 Å². The monoisotopic (exact) mass is 306 g/mol. The Morgan fingerprint density at radius 1 is 0.739 bits per heavy atom. The topological polar surface area (TPSA) is 25.8 Å². The van der Waals surface area contributed by atoms with Crippen molar-refractivity contribution in [2.24, 2.45) is 0 Å². The molecule has 0 unspecified atom stereocenters. The third-order valence-electron chi connectivity index (χ3n) is 4.04. The lowest BCUT2D eigenvalue weighted by Gasteiger charge is -2.09. The van der Waals surface area contributed by atoms with Crippen LogP contribution in [-0.2, 0) is 6.42 Å². The Morgan fingerprint density at radius 2 is 1.52 bits per heavy atom. The lowest BCUT2D eigenvalue weighted by molar-refractivity contribution is -0.654. The molecule has 0 spiro atoms. The summed E-state index contributed by atoms with van der Waals surface area (Å²) >= 11 is 0. The highest BCUT2D eigenvalue weighted by Crippen LogP contribution is 2.24. The first-order chi connectivity index (χ1) is 11.4. The Kier molecular flexibility index (Phi) is 5.65. The Hall–Kier alpha value is -2.32. The molecule has 3 aromatic rings. The Balaban J connectivity index is 1.37. The molecule has 3 aromatic carbocycles. The first kappa shape index (κ1) is 15.6. The number of hydrogen-bond acceptors (Lipinski definition) is 1. The first-order valence-corrected chi connectivity index (χ1v) is 8.39. The smallest absolute Gasteiger partial charge is 0.127 e. The van der Waals surface area contributed by atoms with Gasteiger partial charge in [0.25, 0.3) is 0 Å². The highest BCUT2D eigenvalue weighted by molar-refractivity contribution is 5.88. The molecule has 23 heavy (non-hydrogen) atoms. The van der Waals surface area contributed by atoms with Gasteiger partial charge in [-0.1, -0.05) is 66.7 Å². The fourth-order valence-electron chi connectivity index (χ4n) is 2.79. The van der Waals surface area contributed by atoms with E-state index in [0.717, 1.165) is 38.3 Å². The number of ether oxygens (including phenoxy) is 1. The molecule has 0 amide bonds. The lowest BCUT2D eigenvalue weighted by atomic mass is 10.1. The van der Waals surface area contributed by atoms with Gasteiger partial charge in [-0.3, -0.25) is 0 Å². The van der Waals surface area contributed by atoms with Crippen molar-refractivity contribution in [1.29, 1.82) is 0 Å². The van der Waals surface area contributed by atoms with Gasteiger partial charge in [0.2, 0.25) is 0 Å². The van der Waals surface area contributed by atoms with Crippen LogP contribution in [0.2, 0.25) is 0 Å². The van der Waals surface area contributed by atoms with Gasteiger partial charge in [-0.15, -0.1) is 0 Å². The Labute approximate surface area is 138 Å². The van der Waals surface area contributed by atoms with Crippen LogP contribution in [0.4, 0.5) is 0 Å². The summed E-state index contributed by atoms with van der Waals surface area (Å²) in [6, 6.07) is 25.3. The molecule has 0 heterocycles. The molecular formula is C21H24NO+. The van der Waals surface area contributed by atoms with E-state index in [4.69, 9.17) is 4.74 Å². The van der Waals surface area contributed by atoms with Crippen molar-refractivity contribution in [2.75, 3.05) is 19.7 Å². The maximum absolute atomic E-state index is 5.96. The van der Waals surface area contributed by atoms with Crippen LogP contribution in [0.5, 0.6) is 5.75 Å². The fourth-order valence-corrected chi connectivity index (χ4v) is 2.79. The summed E-state index contributed by atoms with van der Waals surface area (Å²) in [5.74, 6) is 0.993. The SMILES string of the molecule is c1ccc(CC[NH2+]CCCOc2cccc3ccccc23)cc1. The summed E-state index contributed by atoms with van der Waals surface area (Å²) in [7, 11) is 0. The first-order valence-electron chi connectivity index (χ1n) is 8.39. The lowest BCUT2D eigenvalue weighted by Crippen LogP contribution is -2.84. The van der Waals surface area contributed by atoms with Crippen LogP contribution in [0.15, 0.2) is 72.8 Å². The fraction of sp³-hybridized carbons (Fsp3) is 0.238. The molecule has 2 N–H and O–H groups in total. The zero-order valence-electron chi connectivity index (χ0n) is 13.4. The molecule has 2 nitrogen and oxygen atoms in total. The van der Waals surface area contributed by atoms with Crippen molar-refractivity contribution < 1.29 is 10.1 Å². The summed E-state index contributed by atoms with van der Waals surface area (Å²) in [5, 5.41) is 4.81. The zero-order valence-corrected chi connectivity index (χ0v) is 13.4. The Morgan fingerprint density at radius 3 is 2.43 bits per heavy atom. The van der Waals surface area contributed by atoms with Crippen molar-refractivity contribution in [3.05, 3.63) is 78.4 Å². The molecule has 0 aliphatic rings. The third-order valence-corrected chi connectivity index (χ3v) is 4.04. The molecule has 0 saturated carbocycles. The summed E-state index contributed by atoms with van der Waals surface area (Å²) < 4.78 is 5.96. The van der Waals surface area contributed by atoms with E-state index in [1.165, 1.54) is 16.3 Å². The molecule has 0 atom stereocenters. The maximum atomic E-state index is 5.96. The standard InChI is InChI=1S/C21H23NO/c1-2-8-18(9-3-1)14-16-22-15-7-17-23-21-13-6-11-19-10-4-5-12-20(19)21/h1-6,8-13,22H,7,14-17H2/p+1. The van der Waals surface area contributed by atoms with Gasteiger partial charge in [-0.05, 0) is 17.0 Å². The van der Waals surface area contributed by atoms with E-state index in [1.54, 1.807) is 0 Å². The zero-order chi connectivity index (χ0) is 15.7. The molecule has 118 valence electrons.